The number of aliphatic hydroxyl groups is 1. The van der Waals surface area contributed by atoms with Crippen LogP contribution in [0.1, 0.15) is 30.7 Å². The van der Waals surface area contributed by atoms with Gasteiger partial charge in [0.2, 0.25) is 5.95 Å². The second-order valence-corrected chi connectivity index (χ2v) is 8.64. The molecule has 150 valence electrons. The predicted molar refractivity (Wildman–Crippen MR) is 111 cm³/mol. The summed E-state index contributed by atoms with van der Waals surface area (Å²) in [7, 11) is 0. The van der Waals surface area contributed by atoms with E-state index in [1.165, 1.54) is 17.4 Å². The van der Waals surface area contributed by atoms with Crippen molar-refractivity contribution in [1.29, 1.82) is 0 Å². The number of rotatable bonds is 5. The first-order valence-electron chi connectivity index (χ1n) is 9.92. The summed E-state index contributed by atoms with van der Waals surface area (Å²) in [4.78, 5) is 14.4. The Labute approximate surface area is 172 Å². The highest BCUT2D eigenvalue weighted by molar-refractivity contribution is 7.15. The van der Waals surface area contributed by atoms with E-state index in [4.69, 9.17) is 4.98 Å². The SMILES string of the molecule is OC1(c2nc(-c3ccccc3F)c(-c3ccnc(NC4CC4)n3)s2)CCNCC1. The third-order valence-corrected chi connectivity index (χ3v) is 6.65. The lowest BCUT2D eigenvalue weighted by Crippen LogP contribution is -2.39. The van der Waals surface area contributed by atoms with Crippen molar-refractivity contribution in [3.63, 3.8) is 0 Å². The van der Waals surface area contributed by atoms with Gasteiger partial charge in [0.1, 0.15) is 16.4 Å². The van der Waals surface area contributed by atoms with Gasteiger partial charge in [-0.15, -0.1) is 11.3 Å². The number of nitrogens with zero attached hydrogens (tertiary/aromatic N) is 3. The summed E-state index contributed by atoms with van der Waals surface area (Å²) in [6.07, 6.45) is 5.11. The molecule has 3 aromatic rings. The van der Waals surface area contributed by atoms with E-state index in [2.05, 4.69) is 20.6 Å². The van der Waals surface area contributed by atoms with Crippen molar-refractivity contribution >= 4 is 17.3 Å². The number of hydrogen-bond donors (Lipinski definition) is 3. The average Bonchev–Trinajstić information content (AvgIpc) is 3.43. The third kappa shape index (κ3) is 3.75. The quantitative estimate of drug-likeness (QED) is 0.596. The van der Waals surface area contributed by atoms with Crippen molar-refractivity contribution in [2.45, 2.75) is 37.3 Å². The van der Waals surface area contributed by atoms with E-state index in [9.17, 15) is 9.50 Å². The zero-order valence-corrected chi connectivity index (χ0v) is 16.7. The van der Waals surface area contributed by atoms with E-state index in [0.29, 0.717) is 46.8 Å². The highest BCUT2D eigenvalue weighted by Gasteiger charge is 2.36. The predicted octanol–water partition coefficient (Wildman–Crippen LogP) is 3.55. The van der Waals surface area contributed by atoms with Crippen LogP contribution in [0.3, 0.4) is 0 Å². The molecule has 3 heterocycles. The van der Waals surface area contributed by atoms with E-state index in [1.54, 1.807) is 24.4 Å². The summed E-state index contributed by atoms with van der Waals surface area (Å²) in [6.45, 7) is 1.45. The maximum absolute atomic E-state index is 14.6. The first kappa shape index (κ1) is 18.6. The Hall–Kier alpha value is -2.42. The van der Waals surface area contributed by atoms with Crippen molar-refractivity contribution in [2.75, 3.05) is 18.4 Å². The third-order valence-electron chi connectivity index (χ3n) is 5.38. The van der Waals surface area contributed by atoms with E-state index >= 15 is 0 Å². The Kier molecular flexibility index (Phi) is 4.77. The highest BCUT2D eigenvalue weighted by atomic mass is 32.1. The van der Waals surface area contributed by atoms with E-state index in [0.717, 1.165) is 30.8 Å². The Morgan fingerprint density at radius 2 is 1.93 bits per heavy atom. The standard InChI is InChI=1S/C21H22FN5OS/c22-15-4-2-1-3-14(15)17-18(16-7-10-24-20(26-16)25-13-5-6-13)29-19(27-17)21(28)8-11-23-12-9-21/h1-4,7,10,13,23,28H,5-6,8-9,11-12H2,(H,24,25,26). The van der Waals surface area contributed by atoms with Gasteiger partial charge in [0.25, 0.3) is 0 Å². The van der Waals surface area contributed by atoms with Crippen molar-refractivity contribution < 1.29 is 9.50 Å². The number of anilines is 1. The molecule has 3 N–H and O–H groups in total. The van der Waals surface area contributed by atoms with Crippen molar-refractivity contribution in [2.24, 2.45) is 0 Å². The molecule has 2 fully saturated rings. The van der Waals surface area contributed by atoms with Gasteiger partial charge in [0.05, 0.1) is 16.3 Å². The largest absolute Gasteiger partial charge is 0.383 e. The number of piperidine rings is 1. The molecule has 1 saturated carbocycles. The lowest BCUT2D eigenvalue weighted by Gasteiger charge is -2.30. The molecule has 8 heteroatoms. The van der Waals surface area contributed by atoms with E-state index in [-0.39, 0.29) is 5.82 Å². The molecule has 6 nitrogen and oxygen atoms in total. The van der Waals surface area contributed by atoms with Crippen LogP contribution < -0.4 is 10.6 Å². The first-order chi connectivity index (χ1) is 14.1. The summed E-state index contributed by atoms with van der Waals surface area (Å²) in [5.41, 5.74) is 0.614. The van der Waals surface area contributed by atoms with Gasteiger partial charge in [-0.05, 0) is 57.0 Å². The van der Waals surface area contributed by atoms with Gasteiger partial charge in [-0.1, -0.05) is 12.1 Å². The second-order valence-electron chi connectivity index (χ2n) is 7.64. The number of halogens is 1. The van der Waals surface area contributed by atoms with Crippen LogP contribution in [0.25, 0.3) is 21.8 Å². The summed E-state index contributed by atoms with van der Waals surface area (Å²) < 4.78 is 14.6. The molecule has 0 atom stereocenters. The fraction of sp³-hybridized carbons (Fsp3) is 0.381. The van der Waals surface area contributed by atoms with Gasteiger partial charge in [-0.3, -0.25) is 0 Å². The van der Waals surface area contributed by atoms with Crippen LogP contribution in [0.5, 0.6) is 0 Å². The van der Waals surface area contributed by atoms with Crippen LogP contribution in [0.4, 0.5) is 10.3 Å². The molecular formula is C21H22FN5OS. The van der Waals surface area contributed by atoms with Crippen LogP contribution in [0, 0.1) is 5.82 Å². The number of benzene rings is 1. The number of hydrogen-bond acceptors (Lipinski definition) is 7. The topological polar surface area (TPSA) is 83.0 Å². The van der Waals surface area contributed by atoms with Crippen LogP contribution in [-0.4, -0.2) is 39.2 Å². The van der Waals surface area contributed by atoms with Gasteiger partial charge in [-0.2, -0.15) is 0 Å². The van der Waals surface area contributed by atoms with E-state index < -0.39 is 5.60 Å². The Balaban J connectivity index is 1.62. The Morgan fingerprint density at radius 3 is 2.69 bits per heavy atom. The normalized spacial score (nSPS) is 18.6. The molecule has 0 bridgehead atoms. The zero-order chi connectivity index (χ0) is 19.8. The maximum atomic E-state index is 14.6. The summed E-state index contributed by atoms with van der Waals surface area (Å²) in [5, 5.41) is 18.4. The van der Waals surface area contributed by atoms with Gasteiger partial charge < -0.3 is 15.7 Å². The fourth-order valence-corrected chi connectivity index (χ4v) is 4.74. The number of aromatic nitrogens is 3. The van der Waals surface area contributed by atoms with Gasteiger partial charge >= 0.3 is 0 Å². The van der Waals surface area contributed by atoms with E-state index in [1.807, 2.05) is 6.07 Å². The summed E-state index contributed by atoms with van der Waals surface area (Å²) >= 11 is 1.39. The number of thiazole rings is 1. The van der Waals surface area contributed by atoms with Gasteiger partial charge in [-0.25, -0.2) is 19.3 Å². The van der Waals surface area contributed by atoms with Crippen LogP contribution in [0.2, 0.25) is 0 Å². The molecule has 1 aliphatic heterocycles. The molecule has 1 aromatic carbocycles. The van der Waals surface area contributed by atoms with Gasteiger partial charge in [0, 0.05) is 17.8 Å². The van der Waals surface area contributed by atoms with Crippen molar-refractivity contribution in [3.8, 4) is 21.8 Å². The van der Waals surface area contributed by atoms with Crippen LogP contribution in [0.15, 0.2) is 36.5 Å². The molecule has 1 aliphatic carbocycles. The molecule has 2 aromatic heterocycles. The minimum Gasteiger partial charge on any atom is -0.383 e. The van der Waals surface area contributed by atoms with Crippen molar-refractivity contribution in [1.82, 2.24) is 20.3 Å². The molecule has 0 spiro atoms. The minimum atomic E-state index is -1.00. The molecule has 0 unspecified atom stereocenters. The zero-order valence-electron chi connectivity index (χ0n) is 15.9. The monoisotopic (exact) mass is 411 g/mol. The van der Waals surface area contributed by atoms with Crippen LogP contribution in [-0.2, 0) is 5.60 Å². The lowest BCUT2D eigenvalue weighted by molar-refractivity contribution is 0.00581. The molecular weight excluding hydrogens is 389 g/mol. The fourth-order valence-electron chi connectivity index (χ4n) is 3.55. The van der Waals surface area contributed by atoms with Crippen LogP contribution >= 0.6 is 11.3 Å². The average molecular weight is 412 g/mol. The molecule has 0 radical (unpaired) electrons. The highest BCUT2D eigenvalue weighted by Crippen LogP contribution is 2.43. The molecule has 29 heavy (non-hydrogen) atoms. The summed E-state index contributed by atoms with van der Waals surface area (Å²) in [6, 6.07) is 8.84. The smallest absolute Gasteiger partial charge is 0.223 e. The molecule has 0 amide bonds. The lowest BCUT2D eigenvalue weighted by atomic mass is 9.93. The molecule has 2 aliphatic rings. The number of nitrogens with one attached hydrogen (secondary N) is 2. The molecule has 5 rings (SSSR count). The van der Waals surface area contributed by atoms with Crippen molar-refractivity contribution in [3.05, 3.63) is 47.4 Å². The maximum Gasteiger partial charge on any atom is 0.223 e. The first-order valence-corrected chi connectivity index (χ1v) is 10.7. The summed E-state index contributed by atoms with van der Waals surface area (Å²) in [5.74, 6) is 0.230. The second kappa shape index (κ2) is 7.44. The molecule has 1 saturated heterocycles. The Morgan fingerprint density at radius 1 is 1.14 bits per heavy atom. The van der Waals surface area contributed by atoms with Gasteiger partial charge in [0.15, 0.2) is 0 Å². The minimum absolute atomic E-state index is 0.340. The Bertz CT molecular complexity index is 1030.